The second kappa shape index (κ2) is 5.44. The van der Waals surface area contributed by atoms with Crippen LogP contribution < -0.4 is 5.32 Å². The third kappa shape index (κ3) is 2.82. The summed E-state index contributed by atoms with van der Waals surface area (Å²) in [6.45, 7) is 2.13. The van der Waals surface area contributed by atoms with E-state index in [-0.39, 0.29) is 0 Å². The highest BCUT2D eigenvalue weighted by Gasteiger charge is 2.20. The third-order valence-corrected chi connectivity index (χ3v) is 3.70. The first kappa shape index (κ1) is 11.6. The van der Waals surface area contributed by atoms with Crippen LogP contribution in [0.4, 0.5) is 0 Å². The number of hydrogen-bond donors (Lipinski definition) is 1. The molecule has 1 aromatic rings. The fourth-order valence-corrected chi connectivity index (χ4v) is 2.73. The molecule has 0 spiro atoms. The van der Waals surface area contributed by atoms with Crippen molar-refractivity contribution in [2.45, 2.75) is 51.0 Å². The topological polar surface area (TPSA) is 24.9 Å². The predicted molar refractivity (Wildman–Crippen MR) is 67.6 cm³/mol. The molecule has 1 aliphatic rings. The highest BCUT2D eigenvalue weighted by molar-refractivity contribution is 5.21. The molecule has 1 saturated carbocycles. The Hall–Kier alpha value is -0.890. The van der Waals surface area contributed by atoms with Gasteiger partial charge in [-0.05, 0) is 50.3 Å². The van der Waals surface area contributed by atoms with E-state index in [4.69, 9.17) is 0 Å². The lowest BCUT2D eigenvalue weighted by Crippen LogP contribution is -2.25. The zero-order valence-electron chi connectivity index (χ0n) is 10.4. The fraction of sp³-hybridized carbons (Fsp3) is 0.643. The minimum Gasteiger partial charge on any atom is -0.317 e. The van der Waals surface area contributed by atoms with Crippen LogP contribution in [0.3, 0.4) is 0 Å². The van der Waals surface area contributed by atoms with Gasteiger partial charge in [0.05, 0.1) is 0 Å². The third-order valence-electron chi connectivity index (χ3n) is 3.70. The number of nitrogens with one attached hydrogen (secondary N) is 1. The van der Waals surface area contributed by atoms with Crippen molar-refractivity contribution >= 4 is 0 Å². The van der Waals surface area contributed by atoms with Crippen molar-refractivity contribution in [3.05, 3.63) is 29.6 Å². The normalized spacial score (nSPS) is 26.4. The summed E-state index contributed by atoms with van der Waals surface area (Å²) in [6.07, 6.45) is 10.6. The van der Waals surface area contributed by atoms with Crippen LogP contribution in [0.1, 0.15) is 49.1 Å². The van der Waals surface area contributed by atoms with Crippen molar-refractivity contribution < 1.29 is 0 Å². The molecule has 2 nitrogen and oxygen atoms in total. The summed E-state index contributed by atoms with van der Waals surface area (Å²) < 4.78 is 0. The Morgan fingerprint density at radius 2 is 2.06 bits per heavy atom. The molecule has 0 bridgehead atoms. The van der Waals surface area contributed by atoms with Crippen LogP contribution in [0.2, 0.25) is 0 Å². The number of nitrogens with zero attached hydrogens (tertiary/aromatic N) is 1. The van der Waals surface area contributed by atoms with E-state index in [1.807, 2.05) is 6.20 Å². The van der Waals surface area contributed by atoms with E-state index in [0.717, 1.165) is 0 Å². The number of aryl methyl sites for hydroxylation is 1. The molecule has 2 rings (SSSR count). The average Bonchev–Trinajstić information content (AvgIpc) is 2.54. The van der Waals surface area contributed by atoms with Crippen LogP contribution in [0.25, 0.3) is 0 Å². The molecule has 16 heavy (non-hydrogen) atoms. The maximum Gasteiger partial charge on any atom is 0.0302 e. The quantitative estimate of drug-likeness (QED) is 0.772. The van der Waals surface area contributed by atoms with E-state index >= 15 is 0 Å². The smallest absolute Gasteiger partial charge is 0.0302 e. The molecule has 0 amide bonds. The van der Waals surface area contributed by atoms with E-state index in [0.29, 0.717) is 12.0 Å². The summed E-state index contributed by atoms with van der Waals surface area (Å²) in [5.41, 5.74) is 2.71. The summed E-state index contributed by atoms with van der Waals surface area (Å²) >= 11 is 0. The summed E-state index contributed by atoms with van der Waals surface area (Å²) in [5.74, 6) is 0.701. The van der Waals surface area contributed by atoms with Crippen LogP contribution in [-0.4, -0.2) is 18.1 Å². The molecule has 0 saturated heterocycles. The largest absolute Gasteiger partial charge is 0.317 e. The van der Waals surface area contributed by atoms with E-state index in [1.54, 1.807) is 0 Å². The summed E-state index contributed by atoms with van der Waals surface area (Å²) in [6, 6.07) is 2.99. The molecular formula is C14H22N2. The van der Waals surface area contributed by atoms with Gasteiger partial charge in [-0.15, -0.1) is 0 Å². The molecule has 0 aromatic carbocycles. The molecule has 2 heteroatoms. The first-order valence-electron chi connectivity index (χ1n) is 6.38. The highest BCUT2D eigenvalue weighted by atomic mass is 14.9. The van der Waals surface area contributed by atoms with Crippen molar-refractivity contribution in [1.29, 1.82) is 0 Å². The van der Waals surface area contributed by atoms with Gasteiger partial charge in [0.1, 0.15) is 0 Å². The van der Waals surface area contributed by atoms with Gasteiger partial charge in [-0.1, -0.05) is 18.9 Å². The molecule has 2 atom stereocenters. The van der Waals surface area contributed by atoms with E-state index in [9.17, 15) is 0 Å². The zero-order chi connectivity index (χ0) is 11.4. The van der Waals surface area contributed by atoms with Gasteiger partial charge in [-0.3, -0.25) is 4.98 Å². The Kier molecular flexibility index (Phi) is 3.94. The van der Waals surface area contributed by atoms with E-state index in [1.165, 1.54) is 43.2 Å². The first-order valence-corrected chi connectivity index (χ1v) is 6.38. The fourth-order valence-electron chi connectivity index (χ4n) is 2.73. The number of rotatable bonds is 2. The average molecular weight is 218 g/mol. The Labute approximate surface area is 98.5 Å². The van der Waals surface area contributed by atoms with Crippen LogP contribution in [0, 0.1) is 6.92 Å². The van der Waals surface area contributed by atoms with E-state index in [2.05, 4.69) is 36.5 Å². The SMILES string of the molecule is CNC1CCCCC(c2cncc(C)c2)C1. The second-order valence-electron chi connectivity index (χ2n) is 5.00. The summed E-state index contributed by atoms with van der Waals surface area (Å²) in [5, 5.41) is 3.44. The molecule has 1 fully saturated rings. The molecule has 0 radical (unpaired) electrons. The number of pyridine rings is 1. The molecule has 1 heterocycles. The number of aromatic nitrogens is 1. The summed E-state index contributed by atoms with van der Waals surface area (Å²) in [4.78, 5) is 4.32. The van der Waals surface area contributed by atoms with Gasteiger partial charge in [-0.2, -0.15) is 0 Å². The van der Waals surface area contributed by atoms with Gasteiger partial charge in [-0.25, -0.2) is 0 Å². The van der Waals surface area contributed by atoms with Gasteiger partial charge in [0, 0.05) is 18.4 Å². The Morgan fingerprint density at radius 3 is 2.81 bits per heavy atom. The Balaban J connectivity index is 2.12. The molecular weight excluding hydrogens is 196 g/mol. The molecule has 1 aromatic heterocycles. The van der Waals surface area contributed by atoms with Crippen molar-refractivity contribution in [3.63, 3.8) is 0 Å². The van der Waals surface area contributed by atoms with Crippen molar-refractivity contribution in [2.75, 3.05) is 7.05 Å². The minimum atomic E-state index is 0.688. The van der Waals surface area contributed by atoms with Crippen molar-refractivity contribution in [3.8, 4) is 0 Å². The zero-order valence-corrected chi connectivity index (χ0v) is 10.4. The first-order chi connectivity index (χ1) is 7.79. The molecule has 1 aliphatic carbocycles. The lowest BCUT2D eigenvalue weighted by atomic mass is 9.91. The monoisotopic (exact) mass is 218 g/mol. The summed E-state index contributed by atoms with van der Waals surface area (Å²) in [7, 11) is 2.08. The molecule has 88 valence electrons. The second-order valence-corrected chi connectivity index (χ2v) is 5.00. The minimum absolute atomic E-state index is 0.688. The van der Waals surface area contributed by atoms with Crippen LogP contribution in [0.5, 0.6) is 0 Å². The number of hydrogen-bond acceptors (Lipinski definition) is 2. The van der Waals surface area contributed by atoms with Gasteiger partial charge in [0.2, 0.25) is 0 Å². The molecule has 0 aliphatic heterocycles. The Bertz CT molecular complexity index is 335. The van der Waals surface area contributed by atoms with Crippen LogP contribution >= 0.6 is 0 Å². The van der Waals surface area contributed by atoms with Gasteiger partial charge in [0.15, 0.2) is 0 Å². The lowest BCUT2D eigenvalue weighted by molar-refractivity contribution is 0.470. The standard InChI is InChI=1S/C14H22N2/c1-11-7-13(10-16-9-11)12-5-3-4-6-14(8-12)15-2/h7,9-10,12,14-15H,3-6,8H2,1-2H3. The molecule has 2 unspecified atom stereocenters. The van der Waals surface area contributed by atoms with Crippen LogP contribution in [-0.2, 0) is 0 Å². The van der Waals surface area contributed by atoms with Gasteiger partial charge >= 0.3 is 0 Å². The maximum atomic E-state index is 4.32. The predicted octanol–water partition coefficient (Wildman–Crippen LogP) is 3.03. The van der Waals surface area contributed by atoms with Crippen molar-refractivity contribution in [2.24, 2.45) is 0 Å². The van der Waals surface area contributed by atoms with Crippen molar-refractivity contribution in [1.82, 2.24) is 10.3 Å². The van der Waals surface area contributed by atoms with Gasteiger partial charge in [0.25, 0.3) is 0 Å². The Morgan fingerprint density at radius 1 is 1.25 bits per heavy atom. The highest BCUT2D eigenvalue weighted by Crippen LogP contribution is 2.31. The molecule has 1 N–H and O–H groups in total. The van der Waals surface area contributed by atoms with Crippen LogP contribution in [0.15, 0.2) is 18.5 Å². The van der Waals surface area contributed by atoms with Gasteiger partial charge < -0.3 is 5.32 Å². The lowest BCUT2D eigenvalue weighted by Gasteiger charge is -2.19. The maximum absolute atomic E-state index is 4.32. The van der Waals surface area contributed by atoms with E-state index < -0.39 is 0 Å².